The number of aromatic nitrogens is 1. The van der Waals surface area contributed by atoms with E-state index in [9.17, 15) is 9.35 Å². The topological polar surface area (TPSA) is 144 Å². The molecule has 1 aliphatic heterocycles. The number of nitrogen functional groups attached to an aromatic ring is 1. The van der Waals surface area contributed by atoms with Crippen molar-refractivity contribution in [2.24, 2.45) is 17.4 Å². The standard InChI is InChI=1S/C28H34N6O2S/c29-12-7-20-10-15-34(16-11-20)28(35)26(18-21-3-1-5-24(17-21)27(30)31)33-37(36)25-6-2-4-23(19-25)22-8-13-32-14-9-22/h1-6,8-9,13-14,17,19-20,26,33H,7,10-12,15-16,18,29H2,(H3,30,31). The Hall–Kier alpha value is -3.24. The van der Waals surface area contributed by atoms with E-state index in [1.165, 1.54) is 0 Å². The van der Waals surface area contributed by atoms with Crippen LogP contribution in [0.5, 0.6) is 0 Å². The number of nitrogens with zero attached hydrogens (tertiary/aromatic N) is 2. The summed E-state index contributed by atoms with van der Waals surface area (Å²) in [6.45, 7) is 1.99. The van der Waals surface area contributed by atoms with Gasteiger partial charge in [-0.25, -0.2) is 0 Å². The molecule has 194 valence electrons. The molecular weight excluding hydrogens is 484 g/mol. The highest BCUT2D eigenvalue weighted by Gasteiger charge is 2.32. The third kappa shape index (κ3) is 7.17. The molecule has 1 saturated heterocycles. The summed E-state index contributed by atoms with van der Waals surface area (Å²) in [6.07, 6.45) is 6.59. The first-order valence-corrected chi connectivity index (χ1v) is 13.7. The number of amides is 1. The van der Waals surface area contributed by atoms with Crippen molar-refractivity contribution in [3.63, 3.8) is 0 Å². The lowest BCUT2D eigenvalue weighted by Gasteiger charge is -2.34. The fourth-order valence-corrected chi connectivity index (χ4v) is 5.73. The minimum absolute atomic E-state index is 0.0313. The SMILES string of the molecule is N=C(N)c1cccc(CC(N[S+]([O-])c2cccc(-c3ccncc3)c2)C(=O)N2CCC(CCN)CC2)c1. The summed E-state index contributed by atoms with van der Waals surface area (Å²) in [6, 6.07) is 17.9. The van der Waals surface area contributed by atoms with Crippen LogP contribution in [0.15, 0.2) is 78.0 Å². The minimum atomic E-state index is -1.62. The Labute approximate surface area is 221 Å². The van der Waals surface area contributed by atoms with Crippen LogP contribution in [0.2, 0.25) is 0 Å². The van der Waals surface area contributed by atoms with Crippen LogP contribution >= 0.6 is 0 Å². The summed E-state index contributed by atoms with van der Waals surface area (Å²) >= 11 is -1.62. The molecule has 1 fully saturated rings. The van der Waals surface area contributed by atoms with Gasteiger partial charge in [0.2, 0.25) is 5.91 Å². The Morgan fingerprint density at radius 2 is 1.84 bits per heavy atom. The molecule has 0 radical (unpaired) electrons. The van der Waals surface area contributed by atoms with Crippen LogP contribution in [0.1, 0.15) is 30.4 Å². The smallest absolute Gasteiger partial charge is 0.244 e. The number of hydrogen-bond donors (Lipinski definition) is 4. The number of nitrogens with two attached hydrogens (primary N) is 2. The van der Waals surface area contributed by atoms with Crippen LogP contribution in [0, 0.1) is 11.3 Å². The van der Waals surface area contributed by atoms with Gasteiger partial charge in [-0.05, 0) is 72.7 Å². The maximum atomic E-state index is 13.7. The van der Waals surface area contributed by atoms with Crippen molar-refractivity contribution in [1.82, 2.24) is 14.6 Å². The average Bonchev–Trinajstić information content (AvgIpc) is 2.93. The van der Waals surface area contributed by atoms with Gasteiger partial charge in [-0.1, -0.05) is 30.3 Å². The molecule has 8 nitrogen and oxygen atoms in total. The second kappa shape index (κ2) is 12.8. The molecule has 2 atom stereocenters. The number of amidine groups is 1. The molecule has 0 saturated carbocycles. The summed E-state index contributed by atoms with van der Waals surface area (Å²) in [4.78, 5) is 20.2. The van der Waals surface area contributed by atoms with Crippen LogP contribution < -0.4 is 16.2 Å². The van der Waals surface area contributed by atoms with Crippen molar-refractivity contribution in [3.05, 3.63) is 84.2 Å². The van der Waals surface area contributed by atoms with Gasteiger partial charge in [0.05, 0.1) is 11.4 Å². The molecule has 37 heavy (non-hydrogen) atoms. The molecular formula is C28H34N6O2S. The number of pyridine rings is 1. The Bertz CT molecular complexity index is 1200. The number of rotatable bonds is 10. The van der Waals surface area contributed by atoms with Gasteiger partial charge < -0.3 is 20.9 Å². The number of nitrogens with one attached hydrogen (secondary N) is 2. The summed E-state index contributed by atoms with van der Waals surface area (Å²) < 4.78 is 16.6. The van der Waals surface area contributed by atoms with Gasteiger partial charge in [0.25, 0.3) is 0 Å². The van der Waals surface area contributed by atoms with Crippen molar-refractivity contribution in [1.29, 1.82) is 5.41 Å². The Kier molecular flexibility index (Phi) is 9.29. The lowest BCUT2D eigenvalue weighted by Crippen LogP contribution is -2.51. The predicted molar refractivity (Wildman–Crippen MR) is 147 cm³/mol. The van der Waals surface area contributed by atoms with E-state index in [0.29, 0.717) is 42.4 Å². The first kappa shape index (κ1) is 26.8. The molecule has 0 spiro atoms. The van der Waals surface area contributed by atoms with Crippen LogP contribution in [0.4, 0.5) is 0 Å². The zero-order valence-electron chi connectivity index (χ0n) is 20.8. The van der Waals surface area contributed by atoms with Crippen molar-refractivity contribution < 1.29 is 9.35 Å². The average molecular weight is 519 g/mol. The highest BCUT2D eigenvalue weighted by molar-refractivity contribution is 7.89. The normalized spacial score (nSPS) is 15.8. The quantitative estimate of drug-likeness (QED) is 0.185. The molecule has 3 aromatic rings. The van der Waals surface area contributed by atoms with Crippen molar-refractivity contribution in [2.75, 3.05) is 19.6 Å². The van der Waals surface area contributed by atoms with Gasteiger partial charge in [-0.3, -0.25) is 15.2 Å². The molecule has 1 aromatic heterocycles. The monoisotopic (exact) mass is 518 g/mol. The van der Waals surface area contributed by atoms with E-state index in [2.05, 4.69) is 9.71 Å². The van der Waals surface area contributed by atoms with E-state index in [1.54, 1.807) is 24.5 Å². The maximum Gasteiger partial charge on any atom is 0.244 e. The van der Waals surface area contributed by atoms with Crippen LogP contribution in [-0.4, -0.2) is 51.9 Å². The van der Waals surface area contributed by atoms with E-state index in [-0.39, 0.29) is 11.7 Å². The molecule has 0 aliphatic carbocycles. The van der Waals surface area contributed by atoms with E-state index < -0.39 is 17.4 Å². The van der Waals surface area contributed by atoms with Crippen LogP contribution in [-0.2, 0) is 22.6 Å². The van der Waals surface area contributed by atoms with Gasteiger partial charge in [-0.2, -0.15) is 0 Å². The van der Waals surface area contributed by atoms with Gasteiger partial charge in [-0.15, -0.1) is 4.72 Å². The molecule has 9 heteroatoms. The minimum Gasteiger partial charge on any atom is -0.593 e. The fourth-order valence-electron chi connectivity index (χ4n) is 4.71. The van der Waals surface area contributed by atoms with E-state index >= 15 is 0 Å². The summed E-state index contributed by atoms with van der Waals surface area (Å²) in [5.74, 6) is 0.437. The van der Waals surface area contributed by atoms with Crippen LogP contribution in [0.3, 0.4) is 0 Å². The molecule has 2 heterocycles. The molecule has 2 unspecified atom stereocenters. The van der Waals surface area contributed by atoms with Crippen molar-refractivity contribution >= 4 is 23.1 Å². The van der Waals surface area contributed by atoms with Gasteiger partial charge >= 0.3 is 0 Å². The van der Waals surface area contributed by atoms with E-state index in [4.69, 9.17) is 16.9 Å². The number of likely N-dealkylation sites (tertiary alicyclic amines) is 1. The van der Waals surface area contributed by atoms with Crippen molar-refractivity contribution in [3.8, 4) is 11.1 Å². The third-order valence-electron chi connectivity index (χ3n) is 6.79. The highest BCUT2D eigenvalue weighted by atomic mass is 32.2. The lowest BCUT2D eigenvalue weighted by molar-refractivity contribution is -0.134. The first-order chi connectivity index (χ1) is 17.9. The van der Waals surface area contributed by atoms with Crippen LogP contribution in [0.25, 0.3) is 11.1 Å². The van der Waals surface area contributed by atoms with E-state index in [1.807, 2.05) is 53.4 Å². The second-order valence-corrected chi connectivity index (χ2v) is 10.6. The zero-order chi connectivity index (χ0) is 26.2. The highest BCUT2D eigenvalue weighted by Crippen LogP contribution is 2.24. The molecule has 0 bridgehead atoms. The molecule has 1 amide bonds. The van der Waals surface area contributed by atoms with Gasteiger partial charge in [0.1, 0.15) is 11.9 Å². The zero-order valence-corrected chi connectivity index (χ0v) is 21.6. The largest absolute Gasteiger partial charge is 0.593 e. The van der Waals surface area contributed by atoms with Gasteiger partial charge in [0, 0.05) is 43.5 Å². The maximum absolute atomic E-state index is 13.7. The van der Waals surface area contributed by atoms with Crippen molar-refractivity contribution in [2.45, 2.75) is 36.6 Å². The van der Waals surface area contributed by atoms with Gasteiger partial charge in [0.15, 0.2) is 4.90 Å². The Morgan fingerprint density at radius 3 is 2.54 bits per heavy atom. The number of hydrogen-bond acceptors (Lipinski definition) is 6. The molecule has 6 N–H and O–H groups in total. The number of carbonyl (C=O) groups excluding carboxylic acids is 1. The number of carbonyl (C=O) groups is 1. The fraction of sp³-hybridized carbons (Fsp3) is 0.321. The lowest BCUT2D eigenvalue weighted by atomic mass is 9.93. The summed E-state index contributed by atoms with van der Waals surface area (Å²) in [5.41, 5.74) is 14.7. The third-order valence-corrected chi connectivity index (χ3v) is 7.97. The molecule has 1 aliphatic rings. The Morgan fingerprint density at radius 1 is 1.11 bits per heavy atom. The second-order valence-electron chi connectivity index (χ2n) is 9.37. The Balaban J connectivity index is 1.54. The number of benzene rings is 2. The first-order valence-electron chi connectivity index (χ1n) is 12.5. The molecule has 4 rings (SSSR count). The van der Waals surface area contributed by atoms with E-state index in [0.717, 1.165) is 36.0 Å². The predicted octanol–water partition coefficient (Wildman–Crippen LogP) is 2.84. The number of piperidine rings is 1. The summed E-state index contributed by atoms with van der Waals surface area (Å²) in [5, 5.41) is 7.75. The summed E-state index contributed by atoms with van der Waals surface area (Å²) in [7, 11) is 0. The molecule has 2 aromatic carbocycles.